The van der Waals surface area contributed by atoms with Crippen molar-refractivity contribution in [2.75, 3.05) is 5.73 Å². The van der Waals surface area contributed by atoms with Crippen LogP contribution >= 0.6 is 0 Å². The Morgan fingerprint density at radius 1 is 1.17 bits per heavy atom. The van der Waals surface area contributed by atoms with Crippen molar-refractivity contribution in [2.24, 2.45) is 0 Å². The van der Waals surface area contributed by atoms with Crippen LogP contribution in [0.25, 0.3) is 0 Å². The molecule has 118 valence electrons. The average molecular weight is 306 g/mol. The van der Waals surface area contributed by atoms with Gasteiger partial charge in [-0.05, 0) is 43.5 Å². The van der Waals surface area contributed by atoms with Gasteiger partial charge in [-0.2, -0.15) is 0 Å². The van der Waals surface area contributed by atoms with Gasteiger partial charge in [-0.3, -0.25) is 4.79 Å². The van der Waals surface area contributed by atoms with E-state index >= 15 is 0 Å². The fourth-order valence-electron chi connectivity index (χ4n) is 2.34. The lowest BCUT2D eigenvalue weighted by Gasteiger charge is -2.07. The monoisotopic (exact) mass is 306 g/mol. The summed E-state index contributed by atoms with van der Waals surface area (Å²) in [5, 5.41) is 0. The molecule has 0 aliphatic carbocycles. The molecule has 0 fully saturated rings. The van der Waals surface area contributed by atoms with Gasteiger partial charge in [0.1, 0.15) is 12.1 Å². The third-order valence-electron chi connectivity index (χ3n) is 3.76. The number of benzene rings is 1. The predicted molar refractivity (Wildman–Crippen MR) is 94.4 cm³/mol. The second kappa shape index (κ2) is 8.14. The molecule has 2 aromatic rings. The minimum Gasteiger partial charge on any atom is -0.383 e. The van der Waals surface area contributed by atoms with Gasteiger partial charge in [0, 0.05) is 16.7 Å². The third-order valence-corrected chi connectivity index (χ3v) is 3.76. The maximum atomic E-state index is 10.7. The molecule has 0 atom stereocenters. The number of carbonyl (C=O) groups excluding carboxylic acids is 1. The molecule has 0 aliphatic heterocycles. The fourth-order valence-corrected chi connectivity index (χ4v) is 2.34. The highest BCUT2D eigenvalue weighted by molar-refractivity contribution is 5.74. The molecular weight excluding hydrogens is 284 g/mol. The van der Waals surface area contributed by atoms with Crippen LogP contribution in [-0.2, 0) is 6.42 Å². The second-order valence-corrected chi connectivity index (χ2v) is 5.61. The molecule has 1 aromatic heterocycles. The first-order valence-electron chi connectivity index (χ1n) is 7.97. The SMILES string of the molecule is CCCCCc1cc(C#Cc2ccc(C=O)cc2)c(C)nc1N. The summed E-state index contributed by atoms with van der Waals surface area (Å²) in [6.07, 6.45) is 5.26. The average Bonchev–Trinajstić information content (AvgIpc) is 2.56. The van der Waals surface area contributed by atoms with E-state index in [1.165, 1.54) is 12.8 Å². The number of nitrogen functional groups attached to an aromatic ring is 1. The van der Waals surface area contributed by atoms with Crippen molar-refractivity contribution in [1.82, 2.24) is 4.98 Å². The summed E-state index contributed by atoms with van der Waals surface area (Å²) in [5.74, 6) is 6.90. The molecule has 3 nitrogen and oxygen atoms in total. The van der Waals surface area contributed by atoms with Gasteiger partial charge in [0.15, 0.2) is 0 Å². The highest BCUT2D eigenvalue weighted by Gasteiger charge is 2.05. The molecule has 3 heteroatoms. The van der Waals surface area contributed by atoms with Crippen LogP contribution in [0.15, 0.2) is 30.3 Å². The Kier molecular flexibility index (Phi) is 5.94. The van der Waals surface area contributed by atoms with Gasteiger partial charge in [-0.15, -0.1) is 0 Å². The Hall–Kier alpha value is -2.60. The molecule has 0 unspecified atom stereocenters. The highest BCUT2D eigenvalue weighted by Crippen LogP contribution is 2.17. The molecule has 0 amide bonds. The van der Waals surface area contributed by atoms with E-state index in [9.17, 15) is 4.79 Å². The number of hydrogen-bond acceptors (Lipinski definition) is 3. The van der Waals surface area contributed by atoms with E-state index in [0.29, 0.717) is 11.4 Å². The molecule has 1 heterocycles. The Bertz CT molecular complexity index is 737. The first-order chi connectivity index (χ1) is 11.1. The molecule has 1 aromatic carbocycles. The number of aromatic nitrogens is 1. The predicted octanol–water partition coefficient (Wildman–Crippen LogP) is 3.92. The number of pyridine rings is 1. The van der Waals surface area contributed by atoms with E-state index in [2.05, 4.69) is 29.8 Å². The van der Waals surface area contributed by atoms with Crippen molar-refractivity contribution in [2.45, 2.75) is 39.5 Å². The van der Waals surface area contributed by atoms with Crippen molar-refractivity contribution in [3.8, 4) is 11.8 Å². The van der Waals surface area contributed by atoms with Crippen LogP contribution in [0.3, 0.4) is 0 Å². The lowest BCUT2D eigenvalue weighted by Crippen LogP contribution is -2.02. The van der Waals surface area contributed by atoms with Crippen LogP contribution in [0.4, 0.5) is 5.82 Å². The smallest absolute Gasteiger partial charge is 0.150 e. The van der Waals surface area contributed by atoms with Crippen molar-refractivity contribution in [3.63, 3.8) is 0 Å². The van der Waals surface area contributed by atoms with Gasteiger partial charge >= 0.3 is 0 Å². The summed E-state index contributed by atoms with van der Waals surface area (Å²) in [6.45, 7) is 4.11. The summed E-state index contributed by atoms with van der Waals surface area (Å²) < 4.78 is 0. The zero-order valence-electron chi connectivity index (χ0n) is 13.7. The number of carbonyl (C=O) groups is 1. The van der Waals surface area contributed by atoms with Crippen molar-refractivity contribution in [3.05, 3.63) is 58.3 Å². The van der Waals surface area contributed by atoms with Crippen molar-refractivity contribution < 1.29 is 4.79 Å². The number of aldehydes is 1. The first kappa shape index (κ1) is 16.8. The minimum atomic E-state index is 0.611. The normalized spacial score (nSPS) is 10.0. The largest absolute Gasteiger partial charge is 0.383 e. The molecule has 0 radical (unpaired) electrons. The number of aryl methyl sites for hydroxylation is 2. The van der Waals surface area contributed by atoms with Crippen LogP contribution in [-0.4, -0.2) is 11.3 Å². The summed E-state index contributed by atoms with van der Waals surface area (Å²) in [6, 6.07) is 9.28. The van der Waals surface area contributed by atoms with Crippen LogP contribution in [0.2, 0.25) is 0 Å². The molecule has 0 saturated carbocycles. The summed E-state index contributed by atoms with van der Waals surface area (Å²) in [4.78, 5) is 15.1. The molecular formula is C20H22N2O. The van der Waals surface area contributed by atoms with E-state index in [1.807, 2.05) is 19.1 Å². The Morgan fingerprint density at radius 2 is 1.91 bits per heavy atom. The van der Waals surface area contributed by atoms with Gasteiger partial charge in [0.05, 0.1) is 5.69 Å². The summed E-state index contributed by atoms with van der Waals surface area (Å²) in [7, 11) is 0. The second-order valence-electron chi connectivity index (χ2n) is 5.61. The maximum absolute atomic E-state index is 10.7. The number of unbranched alkanes of at least 4 members (excludes halogenated alkanes) is 2. The number of nitrogens with two attached hydrogens (primary N) is 1. The van der Waals surface area contributed by atoms with Gasteiger partial charge in [0.25, 0.3) is 0 Å². The molecule has 23 heavy (non-hydrogen) atoms. The van der Waals surface area contributed by atoms with E-state index in [-0.39, 0.29) is 0 Å². The Balaban J connectivity index is 2.23. The van der Waals surface area contributed by atoms with E-state index in [4.69, 9.17) is 5.73 Å². The van der Waals surface area contributed by atoms with Crippen LogP contribution in [0, 0.1) is 18.8 Å². The van der Waals surface area contributed by atoms with Crippen LogP contribution in [0.1, 0.15) is 58.9 Å². The van der Waals surface area contributed by atoms with Gasteiger partial charge in [0.2, 0.25) is 0 Å². The molecule has 2 rings (SSSR count). The highest BCUT2D eigenvalue weighted by atomic mass is 16.1. The van der Waals surface area contributed by atoms with Crippen molar-refractivity contribution in [1.29, 1.82) is 0 Å². The standard InChI is InChI=1S/C20H22N2O/c1-3-4-5-6-19-13-18(15(2)22-20(19)21)12-11-16-7-9-17(14-23)10-8-16/h7-10,13-14H,3-6H2,1-2H3,(H2,21,22). The maximum Gasteiger partial charge on any atom is 0.150 e. The lowest BCUT2D eigenvalue weighted by molar-refractivity contribution is 0.112. The van der Waals surface area contributed by atoms with E-state index in [1.54, 1.807) is 12.1 Å². The number of hydrogen-bond donors (Lipinski definition) is 1. The van der Waals surface area contributed by atoms with Gasteiger partial charge in [-0.1, -0.05) is 43.7 Å². The summed E-state index contributed by atoms with van der Waals surface area (Å²) in [5.41, 5.74) is 10.4. The number of nitrogens with zero attached hydrogens (tertiary/aromatic N) is 1. The Labute approximate surface area is 137 Å². The van der Waals surface area contributed by atoms with Gasteiger partial charge < -0.3 is 5.73 Å². The van der Waals surface area contributed by atoms with Crippen LogP contribution in [0.5, 0.6) is 0 Å². The summed E-state index contributed by atoms with van der Waals surface area (Å²) >= 11 is 0. The van der Waals surface area contributed by atoms with Gasteiger partial charge in [-0.25, -0.2) is 4.98 Å². The fraction of sp³-hybridized carbons (Fsp3) is 0.300. The molecule has 0 aliphatic rings. The lowest BCUT2D eigenvalue weighted by atomic mass is 10.0. The quantitative estimate of drug-likeness (QED) is 0.517. The Morgan fingerprint density at radius 3 is 2.57 bits per heavy atom. The minimum absolute atomic E-state index is 0.611. The number of anilines is 1. The topological polar surface area (TPSA) is 56.0 Å². The van der Waals surface area contributed by atoms with E-state index in [0.717, 1.165) is 41.5 Å². The van der Waals surface area contributed by atoms with Crippen molar-refractivity contribution >= 4 is 12.1 Å². The molecule has 0 spiro atoms. The molecule has 0 saturated heterocycles. The third kappa shape index (κ3) is 4.69. The molecule has 0 bridgehead atoms. The van der Waals surface area contributed by atoms with E-state index < -0.39 is 0 Å². The first-order valence-corrected chi connectivity index (χ1v) is 7.97. The zero-order valence-corrected chi connectivity index (χ0v) is 13.7. The number of rotatable bonds is 5. The van der Waals surface area contributed by atoms with Crippen LogP contribution < -0.4 is 5.73 Å². The zero-order chi connectivity index (χ0) is 16.7. The molecule has 2 N–H and O–H groups in total.